The van der Waals surface area contributed by atoms with E-state index in [4.69, 9.17) is 0 Å². The Morgan fingerprint density at radius 1 is 0.447 bits per heavy atom. The van der Waals surface area contributed by atoms with E-state index in [0.29, 0.717) is 11.1 Å². The zero-order valence-corrected chi connectivity index (χ0v) is 26.4. The van der Waals surface area contributed by atoms with E-state index in [1.807, 2.05) is 48.5 Å². The monoisotopic (exact) mass is 562 g/mol. The summed E-state index contributed by atoms with van der Waals surface area (Å²) in [5.74, 6) is 0. The van der Waals surface area contributed by atoms with Gasteiger partial charge in [-0.2, -0.15) is 0 Å². The second-order valence-electron chi connectivity index (χ2n) is 7.89. The van der Waals surface area contributed by atoms with Crippen LogP contribution in [0.1, 0.15) is 22.3 Å². The predicted octanol–water partition coefficient (Wildman–Crippen LogP) is -0.489. The molecule has 6 nitrogen and oxygen atoms in total. The zero-order chi connectivity index (χ0) is 25.8. The molecular formula is C28H20Na2O6S2. The van der Waals surface area contributed by atoms with E-state index in [-0.39, 0.29) is 68.9 Å². The summed E-state index contributed by atoms with van der Waals surface area (Å²) in [6.07, 6.45) is 6.66. The molecule has 0 atom stereocenters. The molecule has 0 heterocycles. The van der Waals surface area contributed by atoms with E-state index in [1.165, 1.54) is 24.3 Å². The van der Waals surface area contributed by atoms with Gasteiger partial charge in [-0.05, 0) is 45.5 Å². The van der Waals surface area contributed by atoms with Crippen molar-refractivity contribution in [1.82, 2.24) is 0 Å². The van der Waals surface area contributed by atoms with Gasteiger partial charge in [-0.3, -0.25) is 0 Å². The Bertz CT molecular complexity index is 1530. The van der Waals surface area contributed by atoms with Gasteiger partial charge in [0.05, 0.1) is 9.79 Å². The molecule has 10 heteroatoms. The van der Waals surface area contributed by atoms with Gasteiger partial charge in [-0.15, -0.1) is 0 Å². The van der Waals surface area contributed by atoms with Crippen LogP contribution in [0.4, 0.5) is 0 Å². The number of benzene rings is 4. The molecule has 0 amide bonds. The molecule has 38 heavy (non-hydrogen) atoms. The van der Waals surface area contributed by atoms with Gasteiger partial charge in [-0.25, -0.2) is 16.8 Å². The Kier molecular flexibility index (Phi) is 11.9. The van der Waals surface area contributed by atoms with Gasteiger partial charge in [0.1, 0.15) is 20.2 Å². The molecule has 0 aliphatic rings. The van der Waals surface area contributed by atoms with E-state index in [9.17, 15) is 25.9 Å². The van der Waals surface area contributed by atoms with E-state index in [0.717, 1.165) is 22.3 Å². The van der Waals surface area contributed by atoms with Crippen molar-refractivity contribution in [3.05, 3.63) is 119 Å². The topological polar surface area (TPSA) is 114 Å². The maximum absolute atomic E-state index is 11.4. The van der Waals surface area contributed by atoms with Gasteiger partial charge in [0.2, 0.25) is 0 Å². The quantitative estimate of drug-likeness (QED) is 0.171. The van der Waals surface area contributed by atoms with Crippen molar-refractivity contribution in [2.24, 2.45) is 0 Å². The molecular weight excluding hydrogens is 542 g/mol. The van der Waals surface area contributed by atoms with Crippen molar-refractivity contribution in [2.75, 3.05) is 0 Å². The Morgan fingerprint density at radius 3 is 1.08 bits per heavy atom. The molecule has 0 spiro atoms. The summed E-state index contributed by atoms with van der Waals surface area (Å²) in [6, 6.07) is 27.3. The van der Waals surface area contributed by atoms with E-state index in [2.05, 4.69) is 0 Å². The first-order valence-electron chi connectivity index (χ1n) is 10.8. The Morgan fingerprint density at radius 2 is 0.763 bits per heavy atom. The zero-order valence-electron chi connectivity index (χ0n) is 20.8. The van der Waals surface area contributed by atoms with Crippen LogP contribution in [0.2, 0.25) is 0 Å². The average molecular weight is 563 g/mol. The van der Waals surface area contributed by atoms with Gasteiger partial charge in [0.15, 0.2) is 0 Å². The molecule has 0 bridgehead atoms. The fourth-order valence-electron chi connectivity index (χ4n) is 3.64. The summed E-state index contributed by atoms with van der Waals surface area (Å²) in [5, 5.41) is 0. The molecule has 4 rings (SSSR count). The fraction of sp³-hybridized carbons (Fsp3) is 0. The van der Waals surface area contributed by atoms with Crippen LogP contribution >= 0.6 is 0 Å². The summed E-state index contributed by atoms with van der Waals surface area (Å²) in [6.45, 7) is 0. The van der Waals surface area contributed by atoms with Gasteiger partial charge in [-0.1, -0.05) is 109 Å². The van der Waals surface area contributed by atoms with Crippen LogP contribution in [0.3, 0.4) is 0 Å². The molecule has 0 saturated heterocycles. The smallest absolute Gasteiger partial charge is 0.744 e. The molecule has 0 aliphatic carbocycles. The first kappa shape index (κ1) is 32.4. The summed E-state index contributed by atoms with van der Waals surface area (Å²) < 4.78 is 68.6. The summed E-state index contributed by atoms with van der Waals surface area (Å²) in [4.78, 5) is -0.518. The second-order valence-corrected chi connectivity index (χ2v) is 10.6. The van der Waals surface area contributed by atoms with Crippen LogP contribution in [0, 0.1) is 0 Å². The molecule has 4 aromatic carbocycles. The van der Waals surface area contributed by atoms with Gasteiger partial charge >= 0.3 is 59.1 Å². The molecule has 4 aromatic rings. The SMILES string of the molecule is O=S(=O)([O-])c1ccccc1C=Cc1ccc(-c2ccc(C=Cc3ccccc3S(=O)(=O)[O-])cc2)cc1.[Na+].[Na+]. The molecule has 0 saturated carbocycles. The second kappa shape index (κ2) is 14.0. The molecule has 182 valence electrons. The van der Waals surface area contributed by atoms with E-state index in [1.54, 1.807) is 48.6 Å². The van der Waals surface area contributed by atoms with Crippen LogP contribution in [0.25, 0.3) is 35.4 Å². The normalized spacial score (nSPS) is 11.7. The van der Waals surface area contributed by atoms with Crippen molar-refractivity contribution >= 4 is 44.5 Å². The van der Waals surface area contributed by atoms with Crippen LogP contribution in [0.5, 0.6) is 0 Å². The minimum atomic E-state index is -4.56. The molecule has 0 radical (unpaired) electrons. The standard InChI is InChI=1S/C28H22O6S2.2Na/c29-35(30,31)27-7-3-1-5-25(27)19-13-21-9-15-23(16-10-21)24-17-11-22(12-18-24)14-20-26-6-2-4-8-28(26)36(32,33)34;;/h1-20H,(H,29,30,31)(H,32,33,34);;/q;2*+1/p-2. The van der Waals surface area contributed by atoms with Crippen molar-refractivity contribution in [1.29, 1.82) is 0 Å². The molecule has 0 aliphatic heterocycles. The third kappa shape index (κ3) is 8.59. The average Bonchev–Trinajstić information content (AvgIpc) is 2.86. The third-order valence-corrected chi connectivity index (χ3v) is 7.26. The summed E-state index contributed by atoms with van der Waals surface area (Å²) in [7, 11) is -9.12. The van der Waals surface area contributed by atoms with E-state index < -0.39 is 20.2 Å². The molecule has 0 fully saturated rings. The number of rotatable bonds is 7. The minimum Gasteiger partial charge on any atom is -0.744 e. The maximum atomic E-state index is 11.4. The van der Waals surface area contributed by atoms with Crippen molar-refractivity contribution < 1.29 is 85.1 Å². The van der Waals surface area contributed by atoms with Crippen LogP contribution in [-0.4, -0.2) is 25.9 Å². The first-order chi connectivity index (χ1) is 17.1. The Labute approximate surface area is 267 Å². The number of hydrogen-bond donors (Lipinski definition) is 0. The maximum Gasteiger partial charge on any atom is 1.00 e. The predicted molar refractivity (Wildman–Crippen MR) is 139 cm³/mol. The molecule has 0 unspecified atom stereocenters. The van der Waals surface area contributed by atoms with Crippen molar-refractivity contribution in [3.8, 4) is 11.1 Å². The number of hydrogen-bond acceptors (Lipinski definition) is 6. The molecule has 0 aromatic heterocycles. The van der Waals surface area contributed by atoms with Crippen molar-refractivity contribution in [2.45, 2.75) is 9.79 Å². The Hall–Kier alpha value is -1.82. The largest absolute Gasteiger partial charge is 1.00 e. The van der Waals surface area contributed by atoms with Crippen LogP contribution in [0.15, 0.2) is 107 Å². The fourth-order valence-corrected chi connectivity index (χ4v) is 4.98. The molecule has 0 N–H and O–H groups in total. The Balaban J connectivity index is 0.00000253. The minimum absolute atomic E-state index is 0. The third-order valence-electron chi connectivity index (χ3n) is 5.44. The van der Waals surface area contributed by atoms with Crippen LogP contribution in [-0.2, 0) is 20.2 Å². The van der Waals surface area contributed by atoms with Crippen LogP contribution < -0.4 is 59.1 Å². The van der Waals surface area contributed by atoms with E-state index >= 15 is 0 Å². The van der Waals surface area contributed by atoms with Crippen molar-refractivity contribution in [3.63, 3.8) is 0 Å². The van der Waals surface area contributed by atoms with Gasteiger partial charge < -0.3 is 9.11 Å². The van der Waals surface area contributed by atoms with Gasteiger partial charge in [0.25, 0.3) is 0 Å². The first-order valence-corrected chi connectivity index (χ1v) is 13.6. The summed E-state index contributed by atoms with van der Waals surface area (Å²) in [5.41, 5.74) is 4.26. The summed E-state index contributed by atoms with van der Waals surface area (Å²) >= 11 is 0. The van der Waals surface area contributed by atoms with Gasteiger partial charge in [0, 0.05) is 0 Å².